The summed E-state index contributed by atoms with van der Waals surface area (Å²) in [7, 11) is 0. The molecule has 4 rings (SSSR count). The van der Waals surface area contributed by atoms with Crippen molar-refractivity contribution in [3.8, 4) is 6.07 Å². The fraction of sp³-hybridized carbons (Fsp3) is 0.478. The first-order valence-electron chi connectivity index (χ1n) is 10.9. The third-order valence-electron chi connectivity index (χ3n) is 6.90. The van der Waals surface area contributed by atoms with Gasteiger partial charge < -0.3 is 20.0 Å². The number of alkyl halides is 3. The van der Waals surface area contributed by atoms with Gasteiger partial charge in [-0.05, 0) is 49.8 Å². The molecule has 2 fully saturated rings. The van der Waals surface area contributed by atoms with E-state index >= 15 is 0 Å². The standard InChI is InChI=1S/C23H24F3N5O3/c1-13-20(34-12-29-13)22(33)31-10-17(18(11-31)21(28)32)14-4-6-30(7-5-14)16-3-2-15(9-27)19(8-16)23(24,25)26/h2-3,8,12,14,17-18H,4-7,10-11H2,1H3,(H2,28,32)/t17-,18+/m0/s1. The van der Waals surface area contributed by atoms with Crippen LogP contribution in [0.25, 0.3) is 0 Å². The quantitative estimate of drug-likeness (QED) is 0.727. The van der Waals surface area contributed by atoms with Crippen molar-refractivity contribution in [1.29, 1.82) is 5.26 Å². The van der Waals surface area contributed by atoms with Crippen LogP contribution in [0.4, 0.5) is 18.9 Å². The molecule has 2 saturated heterocycles. The average Bonchev–Trinajstić information content (AvgIpc) is 3.44. The summed E-state index contributed by atoms with van der Waals surface area (Å²) in [5.74, 6) is -1.23. The molecule has 34 heavy (non-hydrogen) atoms. The number of nitrogens with zero attached hydrogens (tertiary/aromatic N) is 4. The van der Waals surface area contributed by atoms with E-state index in [2.05, 4.69) is 4.98 Å². The van der Waals surface area contributed by atoms with E-state index in [1.165, 1.54) is 18.5 Å². The number of carbonyl (C=O) groups is 2. The maximum absolute atomic E-state index is 13.3. The number of aryl methyl sites for hydroxylation is 1. The van der Waals surface area contributed by atoms with Crippen LogP contribution >= 0.6 is 0 Å². The lowest BCUT2D eigenvalue weighted by atomic mass is 9.78. The van der Waals surface area contributed by atoms with Crippen molar-refractivity contribution in [2.75, 3.05) is 31.1 Å². The molecule has 0 radical (unpaired) electrons. The Balaban J connectivity index is 1.46. The average molecular weight is 475 g/mol. The van der Waals surface area contributed by atoms with Crippen LogP contribution in [0, 0.1) is 36.0 Å². The molecule has 0 bridgehead atoms. The summed E-state index contributed by atoms with van der Waals surface area (Å²) in [4.78, 5) is 32.4. The third kappa shape index (κ3) is 4.44. The lowest BCUT2D eigenvalue weighted by molar-refractivity contribution is -0.137. The number of hydrogen-bond acceptors (Lipinski definition) is 6. The molecular weight excluding hydrogens is 451 g/mol. The van der Waals surface area contributed by atoms with E-state index in [0.29, 0.717) is 43.9 Å². The summed E-state index contributed by atoms with van der Waals surface area (Å²) in [5, 5.41) is 9.01. The molecule has 3 heterocycles. The minimum absolute atomic E-state index is 0.0860. The Labute approximate surface area is 194 Å². The highest BCUT2D eigenvalue weighted by molar-refractivity contribution is 5.93. The van der Waals surface area contributed by atoms with E-state index in [9.17, 15) is 22.8 Å². The summed E-state index contributed by atoms with van der Waals surface area (Å²) >= 11 is 0. The predicted octanol–water partition coefficient (Wildman–Crippen LogP) is 2.96. The third-order valence-corrected chi connectivity index (χ3v) is 6.90. The van der Waals surface area contributed by atoms with Gasteiger partial charge in [0.15, 0.2) is 6.39 Å². The van der Waals surface area contributed by atoms with Crippen LogP contribution in [0.3, 0.4) is 0 Å². The zero-order valence-corrected chi connectivity index (χ0v) is 18.5. The van der Waals surface area contributed by atoms with Crippen LogP contribution in [0.15, 0.2) is 29.0 Å². The largest absolute Gasteiger partial charge is 0.438 e. The summed E-state index contributed by atoms with van der Waals surface area (Å²) in [6.45, 7) is 3.20. The molecule has 2 aromatic rings. The maximum atomic E-state index is 13.3. The lowest BCUT2D eigenvalue weighted by Gasteiger charge is -2.37. The number of carbonyl (C=O) groups excluding carboxylic acids is 2. The van der Waals surface area contributed by atoms with Crippen molar-refractivity contribution in [1.82, 2.24) is 9.88 Å². The number of anilines is 1. The molecular formula is C23H24F3N5O3. The van der Waals surface area contributed by atoms with Gasteiger partial charge in [-0.25, -0.2) is 4.98 Å². The Morgan fingerprint density at radius 3 is 2.50 bits per heavy atom. The number of piperidine rings is 1. The number of hydrogen-bond donors (Lipinski definition) is 1. The fourth-order valence-electron chi connectivity index (χ4n) is 5.07. The number of rotatable bonds is 4. The van der Waals surface area contributed by atoms with Gasteiger partial charge in [-0.2, -0.15) is 18.4 Å². The van der Waals surface area contributed by atoms with E-state index in [1.807, 2.05) is 4.90 Å². The van der Waals surface area contributed by atoms with E-state index in [0.717, 1.165) is 6.07 Å². The molecule has 0 unspecified atom stereocenters. The first-order valence-corrected chi connectivity index (χ1v) is 10.9. The summed E-state index contributed by atoms with van der Waals surface area (Å²) < 4.78 is 45.2. The molecule has 1 aromatic carbocycles. The van der Waals surface area contributed by atoms with Gasteiger partial charge in [-0.3, -0.25) is 9.59 Å². The van der Waals surface area contributed by atoms with E-state index in [1.54, 1.807) is 17.9 Å². The Hall–Kier alpha value is -3.55. The molecule has 2 atom stereocenters. The van der Waals surface area contributed by atoms with Gasteiger partial charge in [0.1, 0.15) is 0 Å². The first-order chi connectivity index (χ1) is 16.1. The summed E-state index contributed by atoms with van der Waals surface area (Å²) in [6, 6.07) is 5.33. The number of halogens is 3. The van der Waals surface area contributed by atoms with Crippen LogP contribution in [0.1, 0.15) is 40.2 Å². The number of benzene rings is 1. The van der Waals surface area contributed by atoms with Gasteiger partial charge in [-0.1, -0.05) is 0 Å². The lowest BCUT2D eigenvalue weighted by Crippen LogP contribution is -2.40. The molecule has 2 aliphatic heterocycles. The van der Waals surface area contributed by atoms with E-state index in [-0.39, 0.29) is 30.0 Å². The second-order valence-corrected chi connectivity index (χ2v) is 8.81. The minimum atomic E-state index is -4.62. The van der Waals surface area contributed by atoms with Gasteiger partial charge in [0.05, 0.1) is 28.8 Å². The number of likely N-dealkylation sites (tertiary alicyclic amines) is 1. The van der Waals surface area contributed by atoms with Crippen molar-refractivity contribution in [2.45, 2.75) is 25.9 Å². The molecule has 0 spiro atoms. The minimum Gasteiger partial charge on any atom is -0.438 e. The topological polar surface area (TPSA) is 116 Å². The number of aromatic nitrogens is 1. The smallest absolute Gasteiger partial charge is 0.417 e. The maximum Gasteiger partial charge on any atom is 0.417 e. The Bertz CT molecular complexity index is 1130. The molecule has 2 amide bonds. The van der Waals surface area contributed by atoms with Gasteiger partial charge in [0, 0.05) is 31.9 Å². The second kappa shape index (κ2) is 9.00. The van der Waals surface area contributed by atoms with Crippen LogP contribution in [-0.2, 0) is 11.0 Å². The predicted molar refractivity (Wildman–Crippen MR) is 114 cm³/mol. The molecule has 8 nitrogen and oxygen atoms in total. The molecule has 2 aliphatic rings. The van der Waals surface area contributed by atoms with Crippen molar-refractivity contribution in [3.05, 3.63) is 47.2 Å². The zero-order valence-electron chi connectivity index (χ0n) is 18.5. The van der Waals surface area contributed by atoms with Crippen LogP contribution in [-0.4, -0.2) is 47.9 Å². The highest BCUT2D eigenvalue weighted by atomic mass is 19.4. The first kappa shape index (κ1) is 23.6. The number of nitriles is 1. The number of primary amides is 1. The molecule has 0 aliphatic carbocycles. The van der Waals surface area contributed by atoms with Crippen LogP contribution in [0.2, 0.25) is 0 Å². The second-order valence-electron chi connectivity index (χ2n) is 8.81. The van der Waals surface area contributed by atoms with Gasteiger partial charge >= 0.3 is 6.18 Å². The normalized spacial score (nSPS) is 21.5. The van der Waals surface area contributed by atoms with Crippen LogP contribution < -0.4 is 10.6 Å². The number of amides is 2. The van der Waals surface area contributed by atoms with Crippen molar-refractivity contribution in [3.63, 3.8) is 0 Å². The van der Waals surface area contributed by atoms with Crippen molar-refractivity contribution in [2.24, 2.45) is 23.5 Å². The highest BCUT2D eigenvalue weighted by Crippen LogP contribution is 2.39. The number of nitrogens with two attached hydrogens (primary N) is 1. The zero-order chi connectivity index (χ0) is 24.6. The van der Waals surface area contributed by atoms with Crippen LogP contribution in [0.5, 0.6) is 0 Å². The molecule has 11 heteroatoms. The Kier molecular flexibility index (Phi) is 6.25. The SMILES string of the molecule is Cc1ncoc1C(=O)N1C[C@@H](C(N)=O)[C@H](C2CCN(c3ccc(C#N)c(C(F)(F)F)c3)CC2)C1. The molecule has 2 N–H and O–H groups in total. The van der Waals surface area contributed by atoms with Gasteiger partial charge in [-0.15, -0.1) is 0 Å². The fourth-order valence-corrected chi connectivity index (χ4v) is 5.07. The highest BCUT2D eigenvalue weighted by Gasteiger charge is 2.44. The van der Waals surface area contributed by atoms with Gasteiger partial charge in [0.2, 0.25) is 11.7 Å². The monoisotopic (exact) mass is 475 g/mol. The summed E-state index contributed by atoms with van der Waals surface area (Å²) in [5.41, 5.74) is 5.17. The Morgan fingerprint density at radius 1 is 1.24 bits per heavy atom. The van der Waals surface area contributed by atoms with E-state index < -0.39 is 29.1 Å². The summed E-state index contributed by atoms with van der Waals surface area (Å²) in [6.07, 6.45) is -2.14. The molecule has 1 aromatic heterocycles. The van der Waals surface area contributed by atoms with E-state index in [4.69, 9.17) is 15.4 Å². The van der Waals surface area contributed by atoms with Crippen molar-refractivity contribution < 1.29 is 27.2 Å². The number of oxazole rings is 1. The van der Waals surface area contributed by atoms with Gasteiger partial charge in [0.25, 0.3) is 5.91 Å². The Morgan fingerprint density at radius 2 is 1.94 bits per heavy atom. The molecule has 180 valence electrons. The van der Waals surface area contributed by atoms with Crippen molar-refractivity contribution >= 4 is 17.5 Å². The molecule has 0 saturated carbocycles.